The van der Waals surface area contributed by atoms with Gasteiger partial charge in [0.1, 0.15) is 11.8 Å². The molecule has 0 bridgehead atoms. The third-order valence-corrected chi connectivity index (χ3v) is 6.39. The lowest BCUT2D eigenvalue weighted by molar-refractivity contribution is -0.132. The zero-order chi connectivity index (χ0) is 23.5. The van der Waals surface area contributed by atoms with E-state index in [9.17, 15) is 19.2 Å². The number of rotatable bonds is 5. The minimum absolute atomic E-state index is 0.0430. The topological polar surface area (TPSA) is 84.0 Å². The molecule has 2 aromatic rings. The molecule has 4 rings (SSSR count). The van der Waals surface area contributed by atoms with Gasteiger partial charge < -0.3 is 9.64 Å². The van der Waals surface area contributed by atoms with Gasteiger partial charge in [-0.15, -0.1) is 0 Å². The van der Waals surface area contributed by atoms with Gasteiger partial charge in [0.2, 0.25) is 5.91 Å². The van der Waals surface area contributed by atoms with Crippen molar-refractivity contribution in [2.45, 2.75) is 64.5 Å². The maximum absolute atomic E-state index is 13.7. The highest BCUT2D eigenvalue weighted by Gasteiger charge is 2.46. The van der Waals surface area contributed by atoms with Crippen molar-refractivity contribution >= 4 is 29.4 Å². The second kappa shape index (κ2) is 9.57. The number of aryl methyl sites for hydroxylation is 1. The van der Waals surface area contributed by atoms with Crippen molar-refractivity contribution < 1.29 is 23.9 Å². The fourth-order valence-electron chi connectivity index (χ4n) is 4.81. The first-order chi connectivity index (χ1) is 15.9. The van der Waals surface area contributed by atoms with E-state index >= 15 is 0 Å². The first-order valence-electron chi connectivity index (χ1n) is 11.4. The van der Waals surface area contributed by atoms with Crippen LogP contribution in [0.1, 0.15) is 61.4 Å². The van der Waals surface area contributed by atoms with Crippen LogP contribution >= 0.6 is 0 Å². The number of hydrogen-bond acceptors (Lipinski definition) is 5. The fraction of sp³-hybridized carbons (Fsp3) is 0.385. The fourth-order valence-corrected chi connectivity index (χ4v) is 4.81. The molecule has 0 N–H and O–H groups in total. The third-order valence-electron chi connectivity index (χ3n) is 6.39. The molecule has 0 spiro atoms. The van der Waals surface area contributed by atoms with E-state index in [2.05, 4.69) is 0 Å². The molecule has 2 fully saturated rings. The molecule has 1 atom stereocenters. The van der Waals surface area contributed by atoms with Crippen molar-refractivity contribution in [1.82, 2.24) is 4.90 Å². The molecule has 2 aromatic carbocycles. The van der Waals surface area contributed by atoms with Crippen LogP contribution in [0, 0.1) is 6.92 Å². The zero-order valence-corrected chi connectivity index (χ0v) is 19.0. The number of carbonyl (C=O) groups excluding carboxylic acids is 4. The van der Waals surface area contributed by atoms with Crippen molar-refractivity contribution in [3.8, 4) is 5.75 Å². The van der Waals surface area contributed by atoms with Crippen LogP contribution in [0.5, 0.6) is 5.75 Å². The van der Waals surface area contributed by atoms with Crippen molar-refractivity contribution in [3.63, 3.8) is 0 Å². The monoisotopic (exact) mass is 448 g/mol. The molecule has 172 valence electrons. The first kappa shape index (κ1) is 22.7. The summed E-state index contributed by atoms with van der Waals surface area (Å²) >= 11 is 0. The number of hydrogen-bond donors (Lipinski definition) is 0. The summed E-state index contributed by atoms with van der Waals surface area (Å²) < 4.78 is 5.04. The summed E-state index contributed by atoms with van der Waals surface area (Å²) in [6.07, 6.45) is 4.72. The Kier molecular flexibility index (Phi) is 6.58. The molecule has 1 saturated carbocycles. The van der Waals surface area contributed by atoms with Gasteiger partial charge in [0.25, 0.3) is 11.8 Å². The lowest BCUT2D eigenvalue weighted by atomic mass is 9.91. The van der Waals surface area contributed by atoms with Gasteiger partial charge in [-0.05, 0) is 55.7 Å². The lowest BCUT2D eigenvalue weighted by Gasteiger charge is -2.37. The molecule has 0 aromatic heterocycles. The second-order valence-electron chi connectivity index (χ2n) is 8.69. The Bertz CT molecular complexity index is 1070. The Balaban J connectivity index is 1.64. The number of anilines is 1. The Morgan fingerprint density at radius 2 is 1.64 bits per heavy atom. The average Bonchev–Trinajstić information content (AvgIpc) is 3.09. The molecular weight excluding hydrogens is 420 g/mol. The smallest absolute Gasteiger partial charge is 0.308 e. The molecule has 1 saturated heterocycles. The van der Waals surface area contributed by atoms with Crippen molar-refractivity contribution in [2.75, 3.05) is 4.90 Å². The predicted molar refractivity (Wildman–Crippen MR) is 123 cm³/mol. The molecule has 1 aliphatic heterocycles. The van der Waals surface area contributed by atoms with Crippen LogP contribution < -0.4 is 9.64 Å². The Labute approximate surface area is 193 Å². The summed E-state index contributed by atoms with van der Waals surface area (Å²) in [7, 11) is 0. The quantitative estimate of drug-likeness (QED) is 0.392. The zero-order valence-electron chi connectivity index (χ0n) is 19.0. The largest absolute Gasteiger partial charge is 0.427 e. The molecule has 1 heterocycles. The van der Waals surface area contributed by atoms with Gasteiger partial charge in [0.05, 0.1) is 12.1 Å². The predicted octanol–water partition coefficient (Wildman–Crippen LogP) is 4.03. The van der Waals surface area contributed by atoms with Crippen molar-refractivity contribution in [3.05, 3.63) is 59.7 Å². The third kappa shape index (κ3) is 4.67. The molecule has 1 unspecified atom stereocenters. The average molecular weight is 449 g/mol. The van der Waals surface area contributed by atoms with E-state index in [0.29, 0.717) is 17.0 Å². The number of esters is 1. The molecule has 33 heavy (non-hydrogen) atoms. The van der Waals surface area contributed by atoms with Gasteiger partial charge >= 0.3 is 5.97 Å². The molecule has 1 aliphatic carbocycles. The van der Waals surface area contributed by atoms with Crippen molar-refractivity contribution in [2.24, 2.45) is 0 Å². The lowest BCUT2D eigenvalue weighted by Crippen LogP contribution is -2.51. The highest BCUT2D eigenvalue weighted by Crippen LogP contribution is 2.33. The van der Waals surface area contributed by atoms with E-state index in [1.807, 2.05) is 25.1 Å². The highest BCUT2D eigenvalue weighted by molar-refractivity contribution is 6.23. The first-order valence-corrected chi connectivity index (χ1v) is 11.4. The summed E-state index contributed by atoms with van der Waals surface area (Å²) in [6.45, 7) is 3.18. The van der Waals surface area contributed by atoms with E-state index in [-0.39, 0.29) is 24.3 Å². The minimum atomic E-state index is -0.833. The van der Waals surface area contributed by atoms with Gasteiger partial charge in [-0.25, -0.2) is 4.90 Å². The molecule has 3 amide bonds. The summed E-state index contributed by atoms with van der Waals surface area (Å²) in [5.41, 5.74) is 1.81. The van der Waals surface area contributed by atoms with E-state index < -0.39 is 17.9 Å². The maximum atomic E-state index is 13.7. The summed E-state index contributed by atoms with van der Waals surface area (Å²) in [5, 5.41) is 0. The van der Waals surface area contributed by atoms with E-state index in [4.69, 9.17) is 4.74 Å². The summed E-state index contributed by atoms with van der Waals surface area (Å²) in [6, 6.07) is 12.7. The number of benzene rings is 2. The number of carbonyl (C=O) groups is 4. The highest BCUT2D eigenvalue weighted by atomic mass is 16.5. The molecular formula is C26H28N2O5. The van der Waals surface area contributed by atoms with Gasteiger partial charge in [-0.2, -0.15) is 0 Å². The molecule has 7 nitrogen and oxygen atoms in total. The van der Waals surface area contributed by atoms with Crippen LogP contribution in [0.4, 0.5) is 5.69 Å². The van der Waals surface area contributed by atoms with Crippen molar-refractivity contribution in [1.29, 1.82) is 0 Å². The molecule has 2 aliphatic rings. The van der Waals surface area contributed by atoms with Gasteiger partial charge in [-0.1, -0.05) is 37.5 Å². The van der Waals surface area contributed by atoms with E-state index in [1.54, 1.807) is 35.2 Å². The maximum Gasteiger partial charge on any atom is 0.308 e. The van der Waals surface area contributed by atoms with Crippen LogP contribution in [-0.4, -0.2) is 40.7 Å². The standard InChI is InChI=1S/C26H28N2O5/c1-17-8-6-7-11-22(17)25(31)27(19-9-4-3-5-10-19)23-16-24(30)28(26(23)32)20-12-14-21(15-13-20)33-18(2)29/h6-8,11-15,19,23H,3-5,9-10,16H2,1-2H3. The molecule has 0 radical (unpaired) electrons. The Hall–Kier alpha value is -3.48. The molecule has 7 heteroatoms. The summed E-state index contributed by atoms with van der Waals surface area (Å²) in [4.78, 5) is 54.1. The van der Waals surface area contributed by atoms with Gasteiger partial charge in [0.15, 0.2) is 0 Å². The Morgan fingerprint density at radius 1 is 0.970 bits per heavy atom. The van der Waals surface area contributed by atoms with Gasteiger partial charge in [0, 0.05) is 18.5 Å². The van der Waals surface area contributed by atoms with Crippen LogP contribution in [0.2, 0.25) is 0 Å². The van der Waals surface area contributed by atoms with E-state index in [1.165, 1.54) is 6.92 Å². The van der Waals surface area contributed by atoms with Crippen LogP contribution in [0.25, 0.3) is 0 Å². The van der Waals surface area contributed by atoms with E-state index in [0.717, 1.165) is 42.6 Å². The van der Waals surface area contributed by atoms with Crippen LogP contribution in [-0.2, 0) is 14.4 Å². The second-order valence-corrected chi connectivity index (χ2v) is 8.69. The number of imide groups is 1. The van der Waals surface area contributed by atoms with Gasteiger partial charge in [-0.3, -0.25) is 19.2 Å². The Morgan fingerprint density at radius 3 is 2.27 bits per heavy atom. The van der Waals surface area contributed by atoms with Crippen LogP contribution in [0.3, 0.4) is 0 Å². The normalized spacial score (nSPS) is 19.0. The summed E-state index contributed by atoms with van der Waals surface area (Å²) in [5.74, 6) is -1.05. The SMILES string of the molecule is CC(=O)Oc1ccc(N2C(=O)CC(N(C(=O)c3ccccc3C)C3CCCCC3)C2=O)cc1. The number of ether oxygens (including phenoxy) is 1. The van der Waals surface area contributed by atoms with Crippen LogP contribution in [0.15, 0.2) is 48.5 Å². The number of nitrogens with zero attached hydrogens (tertiary/aromatic N) is 2. The minimum Gasteiger partial charge on any atom is -0.427 e. The number of amides is 3.